The molecule has 1 aliphatic rings. The van der Waals surface area contributed by atoms with Crippen molar-refractivity contribution in [2.45, 2.75) is 97.9 Å². The second-order valence-corrected chi connectivity index (χ2v) is 12.3. The van der Waals surface area contributed by atoms with Crippen LogP contribution in [0.3, 0.4) is 0 Å². The van der Waals surface area contributed by atoms with Gasteiger partial charge in [0.1, 0.15) is 11.4 Å². The van der Waals surface area contributed by atoms with Crippen molar-refractivity contribution < 1.29 is 28.6 Å². The maximum atomic E-state index is 14.3. The minimum absolute atomic E-state index is 0.134. The molecule has 2 N–H and O–H groups in total. The van der Waals surface area contributed by atoms with E-state index in [0.717, 1.165) is 18.4 Å². The van der Waals surface area contributed by atoms with E-state index in [1.807, 2.05) is 20.8 Å². The molecule has 0 aliphatic carbocycles. The number of hydrogen-bond acceptors (Lipinski definition) is 5. The van der Waals surface area contributed by atoms with Gasteiger partial charge in [-0.25, -0.2) is 9.18 Å². The van der Waals surface area contributed by atoms with Gasteiger partial charge in [0.25, 0.3) is 11.8 Å². The van der Waals surface area contributed by atoms with Crippen molar-refractivity contribution in [1.82, 2.24) is 15.1 Å². The van der Waals surface area contributed by atoms with E-state index in [1.54, 1.807) is 56.9 Å². The lowest BCUT2D eigenvalue weighted by Gasteiger charge is -2.45. The number of carbonyl (C=O) groups excluding carboxylic acids is 3. The molecule has 0 saturated carbocycles. The van der Waals surface area contributed by atoms with Crippen molar-refractivity contribution in [3.8, 4) is 0 Å². The molecule has 0 radical (unpaired) electrons. The fraction of sp³-hybridized carbons (Fsp3) is 0.545. The van der Waals surface area contributed by atoms with Crippen LogP contribution in [-0.2, 0) is 11.2 Å². The molecule has 1 aliphatic heterocycles. The first kappa shape index (κ1) is 33.0. The molecule has 1 saturated heterocycles. The zero-order chi connectivity index (χ0) is 31.2. The predicted octanol–water partition coefficient (Wildman–Crippen LogP) is 5.42. The summed E-state index contributed by atoms with van der Waals surface area (Å²) in [5.41, 5.74) is 2.10. The van der Waals surface area contributed by atoms with E-state index in [-0.39, 0.29) is 17.9 Å². The first-order chi connectivity index (χ1) is 19.7. The molecular weight excluding hydrogens is 537 g/mol. The smallest absolute Gasteiger partial charge is 0.410 e. The summed E-state index contributed by atoms with van der Waals surface area (Å²) in [6, 6.07) is 8.22. The van der Waals surface area contributed by atoms with Gasteiger partial charge in [0.2, 0.25) is 0 Å². The van der Waals surface area contributed by atoms with E-state index in [9.17, 15) is 23.9 Å². The maximum Gasteiger partial charge on any atom is 0.410 e. The number of aliphatic hydroxyl groups is 1. The van der Waals surface area contributed by atoms with E-state index in [2.05, 4.69) is 5.32 Å². The average molecular weight is 584 g/mol. The third-order valence-electron chi connectivity index (χ3n) is 7.24. The molecule has 3 rings (SSSR count). The summed E-state index contributed by atoms with van der Waals surface area (Å²) >= 11 is 0. The predicted molar refractivity (Wildman–Crippen MR) is 161 cm³/mol. The number of hydrogen-bond donors (Lipinski definition) is 2. The van der Waals surface area contributed by atoms with Crippen LogP contribution >= 0.6 is 0 Å². The van der Waals surface area contributed by atoms with Crippen molar-refractivity contribution in [3.05, 3.63) is 70.0 Å². The van der Waals surface area contributed by atoms with Crippen LogP contribution in [0.15, 0.2) is 36.4 Å². The lowest BCUT2D eigenvalue weighted by atomic mass is 9.89. The number of aliphatic hydroxyl groups excluding tert-OH is 1. The Kier molecular flexibility index (Phi) is 11.1. The highest BCUT2D eigenvalue weighted by Crippen LogP contribution is 2.27. The van der Waals surface area contributed by atoms with Crippen molar-refractivity contribution >= 4 is 17.9 Å². The summed E-state index contributed by atoms with van der Waals surface area (Å²) in [4.78, 5) is 43.0. The number of likely N-dealkylation sites (tertiary alicyclic amines) is 1. The van der Waals surface area contributed by atoms with E-state index in [1.165, 1.54) is 17.0 Å². The minimum Gasteiger partial charge on any atom is -0.444 e. The molecule has 42 heavy (non-hydrogen) atoms. The highest BCUT2D eigenvalue weighted by molar-refractivity contribution is 6.00. The molecule has 1 heterocycles. The SMILES string of the molecule is CCCN(CCC)C(=O)c1cc(C)cc(C(=O)N[C@@H](Cc2cc(C)cc(F)c2)[C@H](O)[C@H]2CCN2C(=O)OC(C)(C)C)c1. The van der Waals surface area contributed by atoms with Gasteiger partial charge in [-0.3, -0.25) is 9.59 Å². The molecule has 9 heteroatoms. The molecule has 2 aromatic rings. The Hall–Kier alpha value is -3.46. The van der Waals surface area contributed by atoms with Gasteiger partial charge in [-0.2, -0.15) is 0 Å². The lowest BCUT2D eigenvalue weighted by molar-refractivity contribution is -0.0485. The Labute approximate surface area is 249 Å². The largest absolute Gasteiger partial charge is 0.444 e. The highest BCUT2D eigenvalue weighted by Gasteiger charge is 2.43. The van der Waals surface area contributed by atoms with Crippen molar-refractivity contribution in [1.29, 1.82) is 0 Å². The standard InChI is InChI=1S/C33H46FN3O5/c1-8-11-36(12-9-2)31(40)25-16-22(4)15-24(20-25)30(39)35-27(19-23-14-21(3)17-26(34)18-23)29(38)28-10-13-37(28)32(41)42-33(5,6)7/h14-18,20,27-29,38H,8-13,19H2,1-7H3,(H,35,39)/t27-,28+,29-/m0/s1. The van der Waals surface area contributed by atoms with Gasteiger partial charge in [0, 0.05) is 30.8 Å². The van der Waals surface area contributed by atoms with Gasteiger partial charge in [0.15, 0.2) is 0 Å². The Morgan fingerprint density at radius 2 is 1.64 bits per heavy atom. The lowest BCUT2D eigenvalue weighted by Crippen LogP contribution is -2.63. The van der Waals surface area contributed by atoms with Crippen LogP contribution < -0.4 is 5.32 Å². The summed E-state index contributed by atoms with van der Waals surface area (Å²) in [7, 11) is 0. The van der Waals surface area contributed by atoms with Crippen LogP contribution in [0.5, 0.6) is 0 Å². The molecule has 3 atom stereocenters. The van der Waals surface area contributed by atoms with Crippen LogP contribution in [0.25, 0.3) is 0 Å². The van der Waals surface area contributed by atoms with Gasteiger partial charge in [-0.1, -0.05) is 19.9 Å². The average Bonchev–Trinajstić information content (AvgIpc) is 2.84. The Bertz CT molecular complexity index is 1250. The molecule has 1 fully saturated rings. The molecule has 3 amide bonds. The molecule has 0 spiro atoms. The van der Waals surface area contributed by atoms with Crippen LogP contribution in [-0.4, -0.2) is 76.2 Å². The topological polar surface area (TPSA) is 99.2 Å². The molecule has 2 aromatic carbocycles. The number of ether oxygens (including phenoxy) is 1. The quantitative estimate of drug-likeness (QED) is 0.368. The first-order valence-corrected chi connectivity index (χ1v) is 14.9. The molecule has 0 bridgehead atoms. The van der Waals surface area contributed by atoms with Crippen LogP contribution in [0.2, 0.25) is 0 Å². The van der Waals surface area contributed by atoms with Gasteiger partial charge in [-0.05, 0) is 107 Å². The second-order valence-electron chi connectivity index (χ2n) is 12.3. The third-order valence-corrected chi connectivity index (χ3v) is 7.24. The normalized spacial score (nSPS) is 16.3. The Morgan fingerprint density at radius 3 is 2.19 bits per heavy atom. The fourth-order valence-electron chi connectivity index (χ4n) is 5.35. The summed E-state index contributed by atoms with van der Waals surface area (Å²) in [5.74, 6) is -1.01. The summed E-state index contributed by atoms with van der Waals surface area (Å²) in [6.07, 6.45) is 0.645. The Morgan fingerprint density at radius 1 is 1.02 bits per heavy atom. The molecule has 230 valence electrons. The zero-order valence-electron chi connectivity index (χ0n) is 26.0. The van der Waals surface area contributed by atoms with Crippen LogP contribution in [0.1, 0.15) is 91.3 Å². The number of nitrogens with zero attached hydrogens (tertiary/aromatic N) is 2. The third kappa shape index (κ3) is 8.77. The summed E-state index contributed by atoms with van der Waals surface area (Å²) in [6.45, 7) is 14.6. The summed E-state index contributed by atoms with van der Waals surface area (Å²) < 4.78 is 19.8. The van der Waals surface area contributed by atoms with Gasteiger partial charge in [0.05, 0.1) is 18.2 Å². The molecule has 0 aromatic heterocycles. The van der Waals surface area contributed by atoms with Crippen LogP contribution in [0.4, 0.5) is 9.18 Å². The number of rotatable bonds is 11. The van der Waals surface area contributed by atoms with E-state index >= 15 is 0 Å². The van der Waals surface area contributed by atoms with E-state index in [4.69, 9.17) is 4.74 Å². The highest BCUT2D eigenvalue weighted by atomic mass is 19.1. The van der Waals surface area contributed by atoms with E-state index < -0.39 is 41.6 Å². The number of aryl methyl sites for hydroxylation is 2. The summed E-state index contributed by atoms with van der Waals surface area (Å²) in [5, 5.41) is 14.4. The minimum atomic E-state index is -1.14. The van der Waals surface area contributed by atoms with Gasteiger partial charge >= 0.3 is 6.09 Å². The van der Waals surface area contributed by atoms with Crippen molar-refractivity contribution in [2.24, 2.45) is 0 Å². The number of halogens is 1. The maximum absolute atomic E-state index is 14.3. The first-order valence-electron chi connectivity index (χ1n) is 14.9. The number of amides is 3. The van der Waals surface area contributed by atoms with Crippen LogP contribution in [0, 0.1) is 19.7 Å². The Balaban J connectivity index is 1.89. The fourth-order valence-corrected chi connectivity index (χ4v) is 5.35. The van der Waals surface area contributed by atoms with E-state index in [0.29, 0.717) is 42.7 Å². The number of benzene rings is 2. The zero-order valence-corrected chi connectivity index (χ0v) is 26.0. The molecule has 0 unspecified atom stereocenters. The number of carbonyl (C=O) groups is 3. The monoisotopic (exact) mass is 583 g/mol. The van der Waals surface area contributed by atoms with Gasteiger partial charge in [-0.15, -0.1) is 0 Å². The van der Waals surface area contributed by atoms with Crippen molar-refractivity contribution in [2.75, 3.05) is 19.6 Å². The molecule has 8 nitrogen and oxygen atoms in total. The number of nitrogens with one attached hydrogen (secondary N) is 1. The van der Waals surface area contributed by atoms with Crippen molar-refractivity contribution in [3.63, 3.8) is 0 Å². The van der Waals surface area contributed by atoms with Gasteiger partial charge < -0.3 is 25.0 Å². The second kappa shape index (κ2) is 14.1. The molecular formula is C33H46FN3O5.